The van der Waals surface area contributed by atoms with Gasteiger partial charge >= 0.3 is 0 Å². The van der Waals surface area contributed by atoms with Gasteiger partial charge in [-0.05, 0) is 37.8 Å². The summed E-state index contributed by atoms with van der Waals surface area (Å²) in [5, 5.41) is 9.88. The number of aliphatic hydroxyl groups excluding tert-OH is 1. The molecule has 0 amide bonds. The third-order valence-corrected chi connectivity index (χ3v) is 4.26. The van der Waals surface area contributed by atoms with Crippen LogP contribution >= 0.6 is 15.9 Å². The molecule has 1 aliphatic rings. The van der Waals surface area contributed by atoms with Crippen molar-refractivity contribution >= 4 is 21.6 Å². The van der Waals surface area contributed by atoms with Crippen LogP contribution in [0.15, 0.2) is 22.7 Å². The third kappa shape index (κ3) is 3.07. The number of hydrogen-bond acceptors (Lipinski definition) is 2. The second-order valence-corrected chi connectivity index (χ2v) is 6.18. The summed E-state index contributed by atoms with van der Waals surface area (Å²) in [6.45, 7) is 6.33. The first-order chi connectivity index (χ1) is 8.61. The quantitative estimate of drug-likeness (QED) is 0.903. The Bertz CT molecular complexity index is 405. The van der Waals surface area contributed by atoms with Crippen molar-refractivity contribution in [3.63, 3.8) is 0 Å². The zero-order valence-electron chi connectivity index (χ0n) is 11.2. The molecular weight excluding hydrogens is 290 g/mol. The van der Waals surface area contributed by atoms with Gasteiger partial charge in [-0.1, -0.05) is 35.3 Å². The first-order valence-corrected chi connectivity index (χ1v) is 7.63. The van der Waals surface area contributed by atoms with Gasteiger partial charge in [0.05, 0.1) is 6.10 Å². The van der Waals surface area contributed by atoms with E-state index < -0.39 is 6.10 Å². The summed E-state index contributed by atoms with van der Waals surface area (Å²) < 4.78 is 1.08. The molecule has 1 N–H and O–H groups in total. The van der Waals surface area contributed by atoms with Gasteiger partial charge in [0.25, 0.3) is 0 Å². The molecule has 1 aliphatic heterocycles. The lowest BCUT2D eigenvalue weighted by Crippen LogP contribution is -2.21. The van der Waals surface area contributed by atoms with E-state index in [1.807, 2.05) is 19.1 Å². The minimum atomic E-state index is -0.404. The Kier molecular flexibility index (Phi) is 4.68. The minimum Gasteiger partial charge on any atom is -0.389 e. The minimum absolute atomic E-state index is 0.404. The highest BCUT2D eigenvalue weighted by molar-refractivity contribution is 9.10. The van der Waals surface area contributed by atoms with Crippen LogP contribution in [-0.2, 0) is 0 Å². The molecule has 2 rings (SSSR count). The van der Waals surface area contributed by atoms with Crippen molar-refractivity contribution in [3.05, 3.63) is 28.2 Å². The zero-order valence-corrected chi connectivity index (χ0v) is 12.8. The molecule has 100 valence electrons. The standard InChI is InChI=1S/C15H22BrNO/c1-3-4-12-7-8-17(10-12)15-9-13(16)5-6-14(15)11(2)18/h5-6,9,11-12,18H,3-4,7-8,10H2,1-2H3. The number of rotatable bonds is 4. The van der Waals surface area contributed by atoms with Crippen molar-refractivity contribution in [2.75, 3.05) is 18.0 Å². The van der Waals surface area contributed by atoms with Crippen molar-refractivity contribution in [1.82, 2.24) is 0 Å². The van der Waals surface area contributed by atoms with Crippen LogP contribution in [0.3, 0.4) is 0 Å². The summed E-state index contributed by atoms with van der Waals surface area (Å²) in [6.07, 6.45) is 3.45. The summed E-state index contributed by atoms with van der Waals surface area (Å²) in [4.78, 5) is 2.42. The lowest BCUT2D eigenvalue weighted by molar-refractivity contribution is 0.199. The van der Waals surface area contributed by atoms with Crippen molar-refractivity contribution in [3.8, 4) is 0 Å². The molecule has 1 aromatic rings. The van der Waals surface area contributed by atoms with Crippen molar-refractivity contribution < 1.29 is 5.11 Å². The van der Waals surface area contributed by atoms with Crippen LogP contribution in [0, 0.1) is 5.92 Å². The summed E-state index contributed by atoms with van der Waals surface area (Å²) in [6, 6.07) is 6.17. The molecule has 2 nitrogen and oxygen atoms in total. The van der Waals surface area contributed by atoms with Gasteiger partial charge in [-0.3, -0.25) is 0 Å². The maximum Gasteiger partial charge on any atom is 0.0782 e. The van der Waals surface area contributed by atoms with E-state index in [4.69, 9.17) is 0 Å². The van der Waals surface area contributed by atoms with E-state index in [-0.39, 0.29) is 0 Å². The van der Waals surface area contributed by atoms with Crippen molar-refractivity contribution in [1.29, 1.82) is 0 Å². The normalized spacial score (nSPS) is 21.3. The predicted molar refractivity (Wildman–Crippen MR) is 80.0 cm³/mol. The third-order valence-electron chi connectivity index (χ3n) is 3.77. The SMILES string of the molecule is CCCC1CCN(c2cc(Br)ccc2C(C)O)C1. The van der Waals surface area contributed by atoms with Gasteiger partial charge in [0.2, 0.25) is 0 Å². The van der Waals surface area contributed by atoms with Gasteiger partial charge < -0.3 is 10.0 Å². The summed E-state index contributed by atoms with van der Waals surface area (Å²) in [7, 11) is 0. The van der Waals surface area contributed by atoms with Gasteiger partial charge in [-0.25, -0.2) is 0 Å². The van der Waals surface area contributed by atoms with E-state index in [1.165, 1.54) is 24.9 Å². The fraction of sp³-hybridized carbons (Fsp3) is 0.600. The van der Waals surface area contributed by atoms with E-state index in [0.29, 0.717) is 0 Å². The van der Waals surface area contributed by atoms with Crippen LogP contribution < -0.4 is 4.90 Å². The highest BCUT2D eigenvalue weighted by Crippen LogP contribution is 2.34. The monoisotopic (exact) mass is 311 g/mol. The molecule has 0 aliphatic carbocycles. The lowest BCUT2D eigenvalue weighted by Gasteiger charge is -2.23. The van der Waals surface area contributed by atoms with E-state index >= 15 is 0 Å². The molecule has 0 aromatic heterocycles. The second-order valence-electron chi connectivity index (χ2n) is 5.27. The Morgan fingerprint density at radius 2 is 2.28 bits per heavy atom. The molecule has 1 fully saturated rings. The molecule has 0 saturated carbocycles. The summed E-state index contributed by atoms with van der Waals surface area (Å²) in [5.41, 5.74) is 2.23. The number of anilines is 1. The molecule has 0 radical (unpaired) electrons. The van der Waals surface area contributed by atoms with Crippen LogP contribution in [0.1, 0.15) is 44.8 Å². The highest BCUT2D eigenvalue weighted by atomic mass is 79.9. The zero-order chi connectivity index (χ0) is 13.1. The van der Waals surface area contributed by atoms with Crippen LogP contribution in [0.2, 0.25) is 0 Å². The topological polar surface area (TPSA) is 23.5 Å². The molecule has 0 spiro atoms. The van der Waals surface area contributed by atoms with Crippen molar-refractivity contribution in [2.24, 2.45) is 5.92 Å². The van der Waals surface area contributed by atoms with Crippen LogP contribution in [0.5, 0.6) is 0 Å². The van der Waals surface area contributed by atoms with E-state index in [0.717, 1.165) is 29.0 Å². The molecular formula is C15H22BrNO. The van der Waals surface area contributed by atoms with Crippen LogP contribution in [0.25, 0.3) is 0 Å². The fourth-order valence-electron chi connectivity index (χ4n) is 2.84. The Morgan fingerprint density at radius 3 is 2.94 bits per heavy atom. The van der Waals surface area contributed by atoms with Gasteiger partial charge in [-0.2, -0.15) is 0 Å². The Balaban J connectivity index is 2.20. The largest absolute Gasteiger partial charge is 0.389 e. The number of halogens is 1. The maximum atomic E-state index is 9.88. The molecule has 0 bridgehead atoms. The van der Waals surface area contributed by atoms with Gasteiger partial charge in [0.15, 0.2) is 0 Å². The highest BCUT2D eigenvalue weighted by Gasteiger charge is 2.24. The molecule has 18 heavy (non-hydrogen) atoms. The predicted octanol–water partition coefficient (Wildman–Crippen LogP) is 4.13. The van der Waals surface area contributed by atoms with Gasteiger partial charge in [0, 0.05) is 28.8 Å². The van der Waals surface area contributed by atoms with E-state index in [9.17, 15) is 5.11 Å². The van der Waals surface area contributed by atoms with E-state index in [1.54, 1.807) is 0 Å². The fourth-order valence-corrected chi connectivity index (χ4v) is 3.19. The molecule has 2 atom stereocenters. The Labute approximate surface area is 118 Å². The summed E-state index contributed by atoms with van der Waals surface area (Å²) >= 11 is 3.53. The molecule has 1 aromatic carbocycles. The molecule has 1 heterocycles. The average Bonchev–Trinajstić information content (AvgIpc) is 2.77. The van der Waals surface area contributed by atoms with Crippen LogP contribution in [-0.4, -0.2) is 18.2 Å². The smallest absolute Gasteiger partial charge is 0.0782 e. The Hall–Kier alpha value is -0.540. The second kappa shape index (κ2) is 6.07. The summed E-state index contributed by atoms with van der Waals surface area (Å²) in [5.74, 6) is 0.816. The van der Waals surface area contributed by atoms with E-state index in [2.05, 4.69) is 33.8 Å². The van der Waals surface area contributed by atoms with Gasteiger partial charge in [-0.15, -0.1) is 0 Å². The molecule has 2 unspecified atom stereocenters. The first kappa shape index (κ1) is 13.9. The van der Waals surface area contributed by atoms with Crippen molar-refractivity contribution in [2.45, 2.75) is 39.2 Å². The Morgan fingerprint density at radius 1 is 1.50 bits per heavy atom. The first-order valence-electron chi connectivity index (χ1n) is 6.84. The molecule has 3 heteroatoms. The maximum absolute atomic E-state index is 9.88. The number of nitrogens with zero attached hydrogens (tertiary/aromatic N) is 1. The number of aliphatic hydroxyl groups is 1. The van der Waals surface area contributed by atoms with Gasteiger partial charge in [0.1, 0.15) is 0 Å². The van der Waals surface area contributed by atoms with Crippen LogP contribution in [0.4, 0.5) is 5.69 Å². The number of hydrogen-bond donors (Lipinski definition) is 1. The lowest BCUT2D eigenvalue weighted by atomic mass is 10.0. The average molecular weight is 312 g/mol. The number of benzene rings is 1. The molecule has 1 saturated heterocycles.